The number of esters is 1. The van der Waals surface area contributed by atoms with Crippen molar-refractivity contribution in [2.75, 3.05) is 13.7 Å². The fourth-order valence-corrected chi connectivity index (χ4v) is 4.88. The fraction of sp³-hybridized carbons (Fsp3) is 0.250. The number of ether oxygens (including phenoxy) is 4. The first kappa shape index (κ1) is 26.7. The molecular formula is C32H30N2O6. The highest BCUT2D eigenvalue weighted by atomic mass is 16.5. The highest BCUT2D eigenvalue weighted by molar-refractivity contribution is 5.96. The number of hydrogen-bond donors (Lipinski definition) is 1. The molecule has 8 nitrogen and oxygen atoms in total. The van der Waals surface area contributed by atoms with Gasteiger partial charge in [0.15, 0.2) is 11.5 Å². The molecule has 2 heterocycles. The van der Waals surface area contributed by atoms with Crippen molar-refractivity contribution in [1.82, 2.24) is 0 Å². The van der Waals surface area contributed by atoms with E-state index in [9.17, 15) is 10.1 Å². The van der Waals surface area contributed by atoms with Gasteiger partial charge >= 0.3 is 5.97 Å². The first-order valence-electron chi connectivity index (χ1n) is 13.2. The van der Waals surface area contributed by atoms with Gasteiger partial charge in [0.2, 0.25) is 11.6 Å². The highest BCUT2D eigenvalue weighted by Gasteiger charge is 2.32. The van der Waals surface area contributed by atoms with E-state index in [0.717, 1.165) is 30.2 Å². The van der Waals surface area contributed by atoms with Crippen LogP contribution in [0.4, 0.5) is 0 Å². The molecule has 0 amide bonds. The van der Waals surface area contributed by atoms with Crippen LogP contribution < -0.4 is 24.7 Å². The Balaban J connectivity index is 1.44. The number of furan rings is 1. The van der Waals surface area contributed by atoms with E-state index in [4.69, 9.17) is 29.1 Å². The van der Waals surface area contributed by atoms with Crippen molar-refractivity contribution in [2.24, 2.45) is 5.73 Å². The molecule has 0 saturated carbocycles. The predicted octanol–water partition coefficient (Wildman–Crippen LogP) is 6.76. The second kappa shape index (κ2) is 11.5. The average Bonchev–Trinajstić information content (AvgIpc) is 3.31. The molecule has 1 aliphatic rings. The summed E-state index contributed by atoms with van der Waals surface area (Å²) in [6.45, 7) is 4.55. The van der Waals surface area contributed by atoms with Crippen LogP contribution in [0.1, 0.15) is 59.3 Å². The Hall–Kier alpha value is -4.90. The van der Waals surface area contributed by atoms with Crippen LogP contribution in [0.3, 0.4) is 0 Å². The minimum atomic E-state index is -0.624. The van der Waals surface area contributed by atoms with Gasteiger partial charge in [0, 0.05) is 22.6 Å². The first-order chi connectivity index (χ1) is 19.4. The normalized spacial score (nSPS) is 14.3. The Kier molecular flexibility index (Phi) is 7.65. The van der Waals surface area contributed by atoms with Crippen molar-refractivity contribution < 1.29 is 28.2 Å². The van der Waals surface area contributed by atoms with Crippen molar-refractivity contribution in [2.45, 2.75) is 39.0 Å². The maximum atomic E-state index is 13.0. The van der Waals surface area contributed by atoms with Gasteiger partial charge in [-0.1, -0.05) is 50.1 Å². The van der Waals surface area contributed by atoms with Crippen molar-refractivity contribution in [3.05, 3.63) is 94.6 Å². The Morgan fingerprint density at radius 3 is 2.65 bits per heavy atom. The number of nitrogens with zero attached hydrogens (tertiary/aromatic N) is 1. The van der Waals surface area contributed by atoms with Crippen LogP contribution in [-0.4, -0.2) is 19.7 Å². The topological polar surface area (TPSA) is 117 Å². The molecule has 40 heavy (non-hydrogen) atoms. The third kappa shape index (κ3) is 5.06. The maximum Gasteiger partial charge on any atom is 0.379 e. The van der Waals surface area contributed by atoms with E-state index >= 15 is 0 Å². The van der Waals surface area contributed by atoms with Crippen LogP contribution in [0.15, 0.2) is 76.5 Å². The molecule has 0 spiro atoms. The molecule has 0 radical (unpaired) electrons. The number of methoxy groups -OCH3 is 1. The largest absolute Gasteiger partial charge is 0.493 e. The summed E-state index contributed by atoms with van der Waals surface area (Å²) in [7, 11) is 1.58. The van der Waals surface area contributed by atoms with Gasteiger partial charge in [-0.2, -0.15) is 5.26 Å². The summed E-state index contributed by atoms with van der Waals surface area (Å²) in [5.74, 6) is 0.804. The Morgan fingerprint density at radius 2 is 1.90 bits per heavy atom. The molecule has 2 N–H and O–H groups in total. The van der Waals surface area contributed by atoms with E-state index in [1.807, 2.05) is 43.3 Å². The number of para-hydroxylation sites is 1. The molecule has 0 bridgehead atoms. The monoisotopic (exact) mass is 538 g/mol. The molecule has 0 fully saturated rings. The summed E-state index contributed by atoms with van der Waals surface area (Å²) in [5, 5.41) is 10.8. The van der Waals surface area contributed by atoms with Crippen LogP contribution in [0.5, 0.6) is 23.0 Å². The van der Waals surface area contributed by atoms with Crippen LogP contribution >= 0.6 is 0 Å². The molecule has 5 rings (SSSR count). The van der Waals surface area contributed by atoms with Crippen LogP contribution in [0, 0.1) is 18.3 Å². The van der Waals surface area contributed by atoms with E-state index in [1.54, 1.807) is 31.4 Å². The summed E-state index contributed by atoms with van der Waals surface area (Å²) >= 11 is 0. The molecule has 1 unspecified atom stereocenters. The molecule has 1 aromatic heterocycles. The molecule has 1 atom stereocenters. The number of fused-ring (bicyclic) bond motifs is 2. The molecule has 3 aromatic carbocycles. The lowest BCUT2D eigenvalue weighted by molar-refractivity contribution is 0.0702. The van der Waals surface area contributed by atoms with Gasteiger partial charge < -0.3 is 29.1 Å². The average molecular weight is 539 g/mol. The van der Waals surface area contributed by atoms with E-state index < -0.39 is 11.9 Å². The number of hydrogen-bond acceptors (Lipinski definition) is 8. The lowest BCUT2D eigenvalue weighted by Gasteiger charge is -2.27. The number of benzene rings is 3. The third-order valence-electron chi connectivity index (χ3n) is 6.96. The van der Waals surface area contributed by atoms with Gasteiger partial charge in [-0.15, -0.1) is 0 Å². The number of aryl methyl sites for hydroxylation is 1. The number of nitrogens with two attached hydrogens (primary N) is 1. The van der Waals surface area contributed by atoms with Crippen LogP contribution in [0.25, 0.3) is 11.0 Å². The quantitative estimate of drug-likeness (QED) is 0.141. The minimum Gasteiger partial charge on any atom is -0.493 e. The van der Waals surface area contributed by atoms with Crippen LogP contribution in [-0.2, 0) is 0 Å². The second-order valence-electron chi connectivity index (χ2n) is 9.53. The van der Waals surface area contributed by atoms with Crippen molar-refractivity contribution in [1.29, 1.82) is 5.26 Å². The van der Waals surface area contributed by atoms with Gasteiger partial charge in [0.05, 0.1) is 19.6 Å². The van der Waals surface area contributed by atoms with Gasteiger partial charge in [-0.3, -0.25) is 0 Å². The van der Waals surface area contributed by atoms with Gasteiger partial charge in [0.1, 0.15) is 28.7 Å². The Morgan fingerprint density at radius 1 is 1.07 bits per heavy atom. The number of rotatable bonds is 9. The number of carbonyl (C=O) groups excluding carboxylic acids is 1. The molecule has 4 aromatic rings. The zero-order chi connectivity index (χ0) is 28.2. The SMILES string of the molecule is CCCCCOc1ccc(C2C(C#N)=C(N)Oc3cc(OC(=O)c4oc5ccccc5c4C)ccc32)cc1OC. The summed E-state index contributed by atoms with van der Waals surface area (Å²) in [6.07, 6.45) is 3.15. The van der Waals surface area contributed by atoms with E-state index in [1.165, 1.54) is 0 Å². The predicted molar refractivity (Wildman–Crippen MR) is 150 cm³/mol. The Bertz CT molecular complexity index is 1650. The molecule has 1 aliphatic heterocycles. The molecule has 204 valence electrons. The van der Waals surface area contributed by atoms with E-state index in [0.29, 0.717) is 40.6 Å². The van der Waals surface area contributed by atoms with Crippen molar-refractivity contribution in [3.8, 4) is 29.1 Å². The van der Waals surface area contributed by atoms with Crippen molar-refractivity contribution in [3.63, 3.8) is 0 Å². The summed E-state index contributed by atoms with van der Waals surface area (Å²) < 4.78 is 28.7. The standard InChI is InChI=1S/C32H30N2O6/c1-4-5-8-15-37-26-14-11-20(16-28(26)36-3)29-23-13-12-21(17-27(23)40-31(34)24(29)18-33)38-32(35)30-19(2)22-9-6-7-10-25(22)39-30/h6-7,9-14,16-17,29H,4-5,8,15,34H2,1-3H3. The van der Waals surface area contributed by atoms with Gasteiger partial charge in [-0.05, 0) is 43.2 Å². The second-order valence-corrected chi connectivity index (χ2v) is 9.53. The minimum absolute atomic E-state index is 0.0181. The van der Waals surface area contributed by atoms with E-state index in [-0.39, 0.29) is 23.0 Å². The van der Waals surface area contributed by atoms with Crippen molar-refractivity contribution >= 4 is 16.9 Å². The number of unbranched alkanes of at least 4 members (excludes halogenated alkanes) is 2. The zero-order valence-electron chi connectivity index (χ0n) is 22.7. The van der Waals surface area contributed by atoms with Gasteiger partial charge in [-0.25, -0.2) is 4.79 Å². The Labute approximate surface area is 232 Å². The van der Waals surface area contributed by atoms with E-state index in [2.05, 4.69) is 13.0 Å². The lowest BCUT2D eigenvalue weighted by atomic mass is 9.83. The summed E-state index contributed by atoms with van der Waals surface area (Å²) in [5.41, 5.74) is 9.25. The number of nitriles is 1. The number of carbonyl (C=O) groups is 1. The molecule has 8 heteroatoms. The fourth-order valence-electron chi connectivity index (χ4n) is 4.88. The molecular weight excluding hydrogens is 508 g/mol. The molecule has 0 aliphatic carbocycles. The summed E-state index contributed by atoms with van der Waals surface area (Å²) in [6, 6.07) is 20.2. The maximum absolute atomic E-state index is 13.0. The van der Waals surface area contributed by atoms with Gasteiger partial charge in [0.25, 0.3) is 0 Å². The smallest absolute Gasteiger partial charge is 0.379 e. The highest BCUT2D eigenvalue weighted by Crippen LogP contribution is 2.45. The zero-order valence-corrected chi connectivity index (χ0v) is 22.7. The first-order valence-corrected chi connectivity index (χ1v) is 13.2. The molecule has 0 saturated heterocycles. The number of allylic oxidation sites excluding steroid dienone is 1. The third-order valence-corrected chi connectivity index (χ3v) is 6.96. The lowest BCUT2D eigenvalue weighted by Crippen LogP contribution is -2.21. The van der Waals surface area contributed by atoms with Crippen LogP contribution in [0.2, 0.25) is 0 Å². The summed E-state index contributed by atoms with van der Waals surface area (Å²) in [4.78, 5) is 13.0.